The zero-order chi connectivity index (χ0) is 10.8. The number of hydrogen-bond acceptors (Lipinski definition) is 4. The van der Waals surface area contributed by atoms with Gasteiger partial charge >= 0.3 is 29.6 Å². The molecule has 0 aromatic heterocycles. The third-order valence-corrected chi connectivity index (χ3v) is 2.17. The van der Waals surface area contributed by atoms with E-state index in [9.17, 15) is 18.5 Å². The second kappa shape index (κ2) is 5.57. The summed E-state index contributed by atoms with van der Waals surface area (Å²) in [6.45, 7) is 0. The van der Waals surface area contributed by atoms with Crippen LogP contribution in [0.2, 0.25) is 0 Å². The molecule has 78 valence electrons. The summed E-state index contributed by atoms with van der Waals surface area (Å²) in [5, 5.41) is 10.3. The van der Waals surface area contributed by atoms with E-state index < -0.39 is 20.8 Å². The molecule has 0 spiro atoms. The van der Waals surface area contributed by atoms with Gasteiger partial charge in [0, 0.05) is 12.1 Å². The molecule has 1 N–H and O–H groups in total. The molecule has 0 saturated heterocycles. The first-order valence-electron chi connectivity index (χ1n) is 3.57. The van der Waals surface area contributed by atoms with Crippen LogP contribution in [0.15, 0.2) is 24.3 Å². The molecule has 8 heteroatoms. The zero-order valence-corrected chi connectivity index (χ0v) is 10.8. The van der Waals surface area contributed by atoms with Crippen LogP contribution >= 0.6 is 0 Å². The largest absolute Gasteiger partial charge is 1.00 e. The first kappa shape index (κ1) is 14.5. The van der Waals surface area contributed by atoms with Crippen molar-refractivity contribution in [3.05, 3.63) is 39.9 Å². The van der Waals surface area contributed by atoms with E-state index in [4.69, 9.17) is 4.55 Å². The van der Waals surface area contributed by atoms with Gasteiger partial charge in [0.1, 0.15) is 5.75 Å². The predicted molar refractivity (Wildman–Crippen MR) is 49.5 cm³/mol. The standard InChI is InChI=1S/C7H7NO5S.Na.H/c9-8(10)7-3-1-2-6(4-7)5-14(11,12)13;;/h1-4H,5H2,(H,11,12,13);;/q;+1;-1. The Balaban J connectivity index is 0. The molecule has 1 aromatic rings. The molecule has 0 unspecified atom stereocenters. The molecule has 15 heavy (non-hydrogen) atoms. The Morgan fingerprint density at radius 1 is 1.47 bits per heavy atom. The van der Waals surface area contributed by atoms with Crippen molar-refractivity contribution in [3.63, 3.8) is 0 Å². The minimum atomic E-state index is -4.14. The zero-order valence-electron chi connectivity index (χ0n) is 8.95. The van der Waals surface area contributed by atoms with Gasteiger partial charge in [-0.25, -0.2) is 0 Å². The Kier molecular flexibility index (Phi) is 5.39. The summed E-state index contributed by atoms with van der Waals surface area (Å²) < 4.78 is 29.4. The van der Waals surface area contributed by atoms with Crippen molar-refractivity contribution in [2.45, 2.75) is 5.75 Å². The molecule has 0 amide bonds. The summed E-state index contributed by atoms with van der Waals surface area (Å²) in [6, 6.07) is 5.10. The SMILES string of the molecule is O=[N+]([O-])c1cccc(CS(=O)(=O)O)c1.[H-].[Na+]. The number of nitrogens with zero attached hydrogens (tertiary/aromatic N) is 1. The average molecular weight is 241 g/mol. The topological polar surface area (TPSA) is 97.5 Å². The van der Waals surface area contributed by atoms with Crippen LogP contribution in [0.4, 0.5) is 5.69 Å². The monoisotopic (exact) mass is 241 g/mol. The van der Waals surface area contributed by atoms with E-state index in [-0.39, 0.29) is 42.2 Å². The first-order valence-corrected chi connectivity index (χ1v) is 5.18. The molecule has 0 radical (unpaired) electrons. The molecule has 6 nitrogen and oxygen atoms in total. The molecule has 1 aromatic carbocycles. The molecule has 0 atom stereocenters. The average Bonchev–Trinajstić information content (AvgIpc) is 2.01. The smallest absolute Gasteiger partial charge is 1.00 e. The fraction of sp³-hybridized carbons (Fsp3) is 0.143. The summed E-state index contributed by atoms with van der Waals surface area (Å²) in [5.74, 6) is -0.616. The van der Waals surface area contributed by atoms with Gasteiger partial charge in [0.25, 0.3) is 15.8 Å². The van der Waals surface area contributed by atoms with Gasteiger partial charge in [0.05, 0.1) is 4.92 Å². The fourth-order valence-corrected chi connectivity index (χ4v) is 1.57. The Morgan fingerprint density at radius 3 is 2.53 bits per heavy atom. The Labute approximate surface area is 110 Å². The Bertz CT molecular complexity index is 464. The summed E-state index contributed by atoms with van der Waals surface area (Å²) in [7, 11) is -4.14. The molecule has 0 aliphatic rings. The van der Waals surface area contributed by atoms with Crippen LogP contribution in [0.5, 0.6) is 0 Å². The van der Waals surface area contributed by atoms with Gasteiger partial charge in [0.15, 0.2) is 0 Å². The van der Waals surface area contributed by atoms with Crippen molar-refractivity contribution < 1.29 is 48.9 Å². The number of non-ortho nitro benzene ring substituents is 1. The number of hydrogen-bond donors (Lipinski definition) is 1. The van der Waals surface area contributed by atoms with Gasteiger partial charge in [-0.05, 0) is 5.56 Å². The summed E-state index contributed by atoms with van der Waals surface area (Å²) >= 11 is 0. The second-order valence-electron chi connectivity index (χ2n) is 2.65. The summed E-state index contributed by atoms with van der Waals surface area (Å²) in [6.07, 6.45) is 0. The number of benzene rings is 1. The molecular weight excluding hydrogens is 233 g/mol. The van der Waals surface area contributed by atoms with Crippen molar-refractivity contribution in [2.75, 3.05) is 0 Å². The predicted octanol–water partition coefficient (Wildman–Crippen LogP) is -1.90. The van der Waals surface area contributed by atoms with Gasteiger partial charge < -0.3 is 1.43 Å². The molecule has 0 saturated carbocycles. The van der Waals surface area contributed by atoms with Crippen molar-refractivity contribution >= 4 is 15.8 Å². The molecule has 0 aliphatic carbocycles. The van der Waals surface area contributed by atoms with Crippen LogP contribution < -0.4 is 29.6 Å². The fourth-order valence-electron chi connectivity index (χ4n) is 0.970. The van der Waals surface area contributed by atoms with E-state index in [2.05, 4.69) is 0 Å². The molecule has 0 fully saturated rings. The third-order valence-electron chi connectivity index (χ3n) is 1.47. The van der Waals surface area contributed by atoms with Crippen molar-refractivity contribution in [1.82, 2.24) is 0 Å². The quantitative estimate of drug-likeness (QED) is 0.288. The van der Waals surface area contributed by atoms with Crippen molar-refractivity contribution in [2.24, 2.45) is 0 Å². The summed E-state index contributed by atoms with van der Waals surface area (Å²) in [5.41, 5.74) is -0.0205. The van der Waals surface area contributed by atoms with Crippen LogP contribution in [0.1, 0.15) is 6.99 Å². The minimum absolute atomic E-state index is 0. The van der Waals surface area contributed by atoms with E-state index in [0.29, 0.717) is 0 Å². The van der Waals surface area contributed by atoms with Crippen LogP contribution in [0.3, 0.4) is 0 Å². The van der Waals surface area contributed by atoms with Gasteiger partial charge in [-0.3, -0.25) is 14.7 Å². The molecule has 0 heterocycles. The van der Waals surface area contributed by atoms with Crippen LogP contribution in [0, 0.1) is 10.1 Å². The molecule has 0 bridgehead atoms. The minimum Gasteiger partial charge on any atom is -1.00 e. The van der Waals surface area contributed by atoms with E-state index in [1.807, 2.05) is 0 Å². The normalized spacial score (nSPS) is 10.5. The van der Waals surface area contributed by atoms with Crippen LogP contribution in [-0.2, 0) is 15.9 Å². The second-order valence-corrected chi connectivity index (χ2v) is 4.11. The molecule has 0 aliphatic heterocycles. The van der Waals surface area contributed by atoms with Gasteiger partial charge in [-0.2, -0.15) is 8.42 Å². The first-order chi connectivity index (χ1) is 6.38. The number of nitro groups is 1. The van der Waals surface area contributed by atoms with Crippen LogP contribution in [0.25, 0.3) is 0 Å². The van der Waals surface area contributed by atoms with E-state index in [1.54, 1.807) is 0 Å². The van der Waals surface area contributed by atoms with E-state index in [0.717, 1.165) is 6.07 Å². The number of nitro benzene ring substituents is 1. The van der Waals surface area contributed by atoms with Gasteiger partial charge in [0.2, 0.25) is 0 Å². The maximum Gasteiger partial charge on any atom is 1.00 e. The van der Waals surface area contributed by atoms with Crippen molar-refractivity contribution in [3.8, 4) is 0 Å². The van der Waals surface area contributed by atoms with Crippen molar-refractivity contribution in [1.29, 1.82) is 0 Å². The molecule has 1 rings (SSSR count). The Hall–Kier alpha value is -0.470. The maximum absolute atomic E-state index is 10.5. The number of rotatable bonds is 3. The Morgan fingerprint density at radius 2 is 2.07 bits per heavy atom. The maximum atomic E-state index is 10.5. The third kappa shape index (κ3) is 5.24. The van der Waals surface area contributed by atoms with E-state index in [1.165, 1.54) is 18.2 Å². The van der Waals surface area contributed by atoms with Crippen LogP contribution in [-0.4, -0.2) is 17.9 Å². The van der Waals surface area contributed by atoms with E-state index >= 15 is 0 Å². The molecular formula is C7H8NNaO5S. The van der Waals surface area contributed by atoms with Gasteiger partial charge in [-0.15, -0.1) is 0 Å². The summed E-state index contributed by atoms with van der Waals surface area (Å²) in [4.78, 5) is 9.68. The van der Waals surface area contributed by atoms with Gasteiger partial charge in [-0.1, -0.05) is 12.1 Å².